The number of halogens is 1. The first-order valence-electron chi connectivity index (χ1n) is 20.3. The van der Waals surface area contributed by atoms with Gasteiger partial charge in [-0.2, -0.15) is 0 Å². The fourth-order valence-corrected chi connectivity index (χ4v) is 8.32. The van der Waals surface area contributed by atoms with Gasteiger partial charge in [-0.3, -0.25) is 24.1 Å². The minimum atomic E-state index is -0.649. The molecule has 4 aliphatic rings. The third kappa shape index (κ3) is 11.0. The van der Waals surface area contributed by atoms with Gasteiger partial charge in [0.1, 0.15) is 5.82 Å². The molecule has 55 heavy (non-hydrogen) atoms. The highest BCUT2D eigenvalue weighted by Gasteiger charge is 2.34. The van der Waals surface area contributed by atoms with Gasteiger partial charge in [0.05, 0.1) is 30.4 Å². The van der Waals surface area contributed by atoms with Crippen molar-refractivity contribution in [2.24, 2.45) is 17.4 Å². The molecule has 2 aromatic carbocycles. The number of nitrogens with two attached hydrogens (primary N) is 2. The van der Waals surface area contributed by atoms with Crippen LogP contribution in [0.2, 0.25) is 0 Å². The molecule has 13 heteroatoms. The molecule has 2 aromatic rings. The van der Waals surface area contributed by atoms with E-state index in [1.807, 2.05) is 18.7 Å². The van der Waals surface area contributed by atoms with Crippen molar-refractivity contribution < 1.29 is 28.3 Å². The molecule has 6 rings (SSSR count). The number of benzene rings is 2. The van der Waals surface area contributed by atoms with Crippen LogP contribution in [0.4, 0.5) is 4.39 Å². The minimum Gasteiger partial charge on any atom is -0.375 e. The Bertz CT molecular complexity index is 1640. The van der Waals surface area contributed by atoms with Gasteiger partial charge < -0.3 is 36.3 Å². The second-order valence-electron chi connectivity index (χ2n) is 15.1. The van der Waals surface area contributed by atoms with E-state index in [0.29, 0.717) is 62.9 Å². The number of piperidine rings is 2. The number of amides is 4. The molecule has 4 fully saturated rings. The molecule has 1 unspecified atom stereocenters. The van der Waals surface area contributed by atoms with Crippen LogP contribution in [0.15, 0.2) is 42.5 Å². The first kappa shape index (κ1) is 42.0. The third-order valence-electron chi connectivity index (χ3n) is 11.6. The summed E-state index contributed by atoms with van der Waals surface area (Å²) >= 11 is 0. The van der Waals surface area contributed by atoms with Crippen molar-refractivity contribution in [2.45, 2.75) is 96.3 Å². The van der Waals surface area contributed by atoms with Crippen LogP contribution < -0.4 is 11.5 Å². The van der Waals surface area contributed by atoms with Gasteiger partial charge in [-0.15, -0.1) is 0 Å². The zero-order valence-corrected chi connectivity index (χ0v) is 32.6. The fourth-order valence-electron chi connectivity index (χ4n) is 8.32. The highest BCUT2D eigenvalue weighted by molar-refractivity contribution is 6.09. The third-order valence-corrected chi connectivity index (χ3v) is 11.6. The molecule has 300 valence electrons. The molecule has 12 nitrogen and oxygen atoms in total. The molecule has 3 heterocycles. The van der Waals surface area contributed by atoms with Crippen LogP contribution >= 0.6 is 0 Å². The number of rotatable bonds is 11. The van der Waals surface area contributed by atoms with Crippen molar-refractivity contribution in [1.29, 1.82) is 5.41 Å². The lowest BCUT2D eigenvalue weighted by atomic mass is 9.83. The molecular weight excluding hydrogens is 702 g/mol. The van der Waals surface area contributed by atoms with Crippen LogP contribution in [0, 0.1) is 17.1 Å². The average molecular weight is 762 g/mol. The Balaban J connectivity index is 0.00000285. The van der Waals surface area contributed by atoms with Crippen LogP contribution in [-0.4, -0.2) is 126 Å². The average Bonchev–Trinajstić information content (AvgIpc) is 3.22. The van der Waals surface area contributed by atoms with Gasteiger partial charge in [0, 0.05) is 75.6 Å². The summed E-state index contributed by atoms with van der Waals surface area (Å²) in [6.07, 6.45) is 9.42. The summed E-state index contributed by atoms with van der Waals surface area (Å²) in [6.45, 7) is 8.55. The summed E-state index contributed by atoms with van der Waals surface area (Å²) in [6, 6.07) is 10.4. The Hall–Kier alpha value is -4.20. The Kier molecular flexibility index (Phi) is 15.3. The molecule has 1 aliphatic carbocycles. The lowest BCUT2D eigenvalue weighted by Crippen LogP contribution is -2.53. The predicted molar refractivity (Wildman–Crippen MR) is 210 cm³/mol. The van der Waals surface area contributed by atoms with Gasteiger partial charge >= 0.3 is 0 Å². The van der Waals surface area contributed by atoms with Crippen molar-refractivity contribution in [2.75, 3.05) is 58.9 Å². The molecule has 0 aromatic heterocycles. The molecule has 0 bridgehead atoms. The SMILES string of the molecule is CC.N=C(Cc1ccc(F)c(C(=O)N2CCN(C(=O)CN3CCC(OC4CCN(C(=O)C(N)C5CCCCC5)CC4)CC3)CC2)c1)c1ccccc1C(N)=O. The summed E-state index contributed by atoms with van der Waals surface area (Å²) in [7, 11) is 0. The number of primary amides is 1. The molecule has 0 radical (unpaired) electrons. The van der Waals surface area contributed by atoms with Crippen LogP contribution in [0.5, 0.6) is 0 Å². The molecule has 1 atom stereocenters. The number of likely N-dealkylation sites (tertiary alicyclic amines) is 2. The van der Waals surface area contributed by atoms with Gasteiger partial charge in [0.2, 0.25) is 17.7 Å². The minimum absolute atomic E-state index is 0.0165. The fraction of sp³-hybridized carbons (Fsp3) is 0.595. The van der Waals surface area contributed by atoms with Gasteiger partial charge in [-0.25, -0.2) is 4.39 Å². The summed E-state index contributed by atoms with van der Waals surface area (Å²) in [4.78, 5) is 58.9. The van der Waals surface area contributed by atoms with Gasteiger partial charge in [-0.1, -0.05) is 57.4 Å². The highest BCUT2D eigenvalue weighted by Crippen LogP contribution is 2.28. The molecule has 1 saturated carbocycles. The molecule has 3 aliphatic heterocycles. The van der Waals surface area contributed by atoms with Crippen LogP contribution in [-0.2, 0) is 20.7 Å². The number of nitrogens with one attached hydrogen (secondary N) is 1. The van der Waals surface area contributed by atoms with Gasteiger partial charge in [0.15, 0.2) is 0 Å². The Morgan fingerprint density at radius 3 is 1.96 bits per heavy atom. The van der Waals surface area contributed by atoms with E-state index < -0.39 is 17.6 Å². The van der Waals surface area contributed by atoms with E-state index in [9.17, 15) is 23.6 Å². The Morgan fingerprint density at radius 2 is 1.35 bits per heavy atom. The maximum Gasteiger partial charge on any atom is 0.256 e. The molecular formula is C42H60FN7O5. The van der Waals surface area contributed by atoms with E-state index in [0.717, 1.165) is 51.6 Å². The standard InChI is InChI=1S/C40H54FN7O5.C2H6/c41-34-11-10-27(25-35(42)31-8-4-5-9-32(31)38(44)50)24-33(34)39(51)48-22-20-46(21-23-48)36(49)26-45-16-12-29(13-17-45)53-30-14-18-47(19-15-30)40(52)37(43)28-6-2-1-3-7-28;1-2/h4-5,8-11,24,28-30,37,42H,1-3,6-7,12-23,25-26,43H2,(H2,44,50);1-2H3. The molecule has 3 saturated heterocycles. The van der Waals surface area contributed by atoms with Crippen LogP contribution in [0.1, 0.15) is 103 Å². The largest absolute Gasteiger partial charge is 0.375 e. The second kappa shape index (κ2) is 20.1. The van der Waals surface area contributed by atoms with Crippen molar-refractivity contribution in [1.82, 2.24) is 19.6 Å². The first-order valence-corrected chi connectivity index (χ1v) is 20.3. The van der Waals surface area contributed by atoms with Gasteiger partial charge in [-0.05, 0) is 68.2 Å². The van der Waals surface area contributed by atoms with E-state index in [4.69, 9.17) is 21.6 Å². The van der Waals surface area contributed by atoms with Crippen molar-refractivity contribution in [3.63, 3.8) is 0 Å². The van der Waals surface area contributed by atoms with Crippen molar-refractivity contribution >= 4 is 29.3 Å². The summed E-state index contributed by atoms with van der Waals surface area (Å²) in [5, 5.41) is 8.54. The zero-order chi connectivity index (χ0) is 39.5. The van der Waals surface area contributed by atoms with Crippen LogP contribution in [0.3, 0.4) is 0 Å². The lowest BCUT2D eigenvalue weighted by molar-refractivity contribution is -0.139. The van der Waals surface area contributed by atoms with E-state index in [1.165, 1.54) is 37.5 Å². The summed E-state index contributed by atoms with van der Waals surface area (Å²) in [5.41, 5.74) is 13.1. The van der Waals surface area contributed by atoms with E-state index >= 15 is 0 Å². The van der Waals surface area contributed by atoms with E-state index in [1.54, 1.807) is 34.1 Å². The number of nitrogens with zero attached hydrogens (tertiary/aromatic N) is 4. The van der Waals surface area contributed by atoms with E-state index in [-0.39, 0.29) is 53.3 Å². The number of piperazine rings is 1. The highest BCUT2D eigenvalue weighted by atomic mass is 19.1. The quantitative estimate of drug-likeness (QED) is 0.289. The van der Waals surface area contributed by atoms with Gasteiger partial charge in [0.25, 0.3) is 5.91 Å². The monoisotopic (exact) mass is 761 g/mol. The normalized spacial score (nSPS) is 19.7. The predicted octanol–water partition coefficient (Wildman–Crippen LogP) is 4.23. The number of carbonyl (C=O) groups is 4. The second-order valence-corrected chi connectivity index (χ2v) is 15.1. The molecule has 5 N–H and O–H groups in total. The summed E-state index contributed by atoms with van der Waals surface area (Å²) in [5.74, 6) is -1.31. The molecule has 0 spiro atoms. The number of ether oxygens (including phenoxy) is 1. The zero-order valence-electron chi connectivity index (χ0n) is 32.6. The number of hydrogen-bond donors (Lipinski definition) is 3. The van der Waals surface area contributed by atoms with E-state index in [2.05, 4.69) is 4.90 Å². The summed E-state index contributed by atoms with van der Waals surface area (Å²) < 4.78 is 21.4. The molecule has 4 amide bonds. The number of carbonyl (C=O) groups excluding carboxylic acids is 4. The van der Waals surface area contributed by atoms with Crippen LogP contribution in [0.25, 0.3) is 0 Å². The topological polar surface area (TPSA) is 166 Å². The Morgan fingerprint density at radius 1 is 0.764 bits per heavy atom. The lowest BCUT2D eigenvalue weighted by Gasteiger charge is -2.39. The smallest absolute Gasteiger partial charge is 0.256 e. The van der Waals surface area contributed by atoms with Crippen molar-refractivity contribution in [3.8, 4) is 0 Å². The van der Waals surface area contributed by atoms with Crippen molar-refractivity contribution in [3.05, 3.63) is 70.5 Å². The Labute approximate surface area is 325 Å². The number of hydrogen-bond acceptors (Lipinski definition) is 8. The maximum atomic E-state index is 14.9. The maximum absolute atomic E-state index is 14.9. The first-order chi connectivity index (χ1) is 26.6.